The van der Waals surface area contributed by atoms with Gasteiger partial charge >= 0.3 is 6.03 Å². The molecule has 2 aliphatic rings. The minimum Gasteiger partial charge on any atom is -0.355 e. The second kappa shape index (κ2) is 8.68. The summed E-state index contributed by atoms with van der Waals surface area (Å²) in [7, 11) is 0. The third-order valence-electron chi connectivity index (χ3n) is 6.05. The van der Waals surface area contributed by atoms with Gasteiger partial charge in [-0.25, -0.2) is 4.79 Å². The van der Waals surface area contributed by atoms with E-state index >= 15 is 0 Å². The van der Waals surface area contributed by atoms with Crippen molar-refractivity contribution in [3.63, 3.8) is 0 Å². The zero-order valence-corrected chi connectivity index (χ0v) is 17.4. The topological polar surface area (TPSA) is 64.6 Å². The lowest BCUT2D eigenvalue weighted by atomic mass is 10.1. The van der Waals surface area contributed by atoms with Crippen LogP contribution in [-0.2, 0) is 0 Å². The van der Waals surface area contributed by atoms with E-state index in [1.165, 1.54) is 24.8 Å². The molecule has 0 radical (unpaired) electrons. The number of aryl methyl sites for hydroxylation is 1. The second-order valence-electron chi connectivity index (χ2n) is 7.95. The quantitative estimate of drug-likeness (QED) is 0.864. The maximum absolute atomic E-state index is 12.7. The largest absolute Gasteiger partial charge is 0.355 e. The summed E-state index contributed by atoms with van der Waals surface area (Å²) in [5.41, 5.74) is 3.18. The molecule has 0 spiro atoms. The number of carbonyl (C=O) groups is 1. The number of hydrogen-bond donors (Lipinski definition) is 1. The van der Waals surface area contributed by atoms with E-state index in [0.717, 1.165) is 49.1 Å². The maximum atomic E-state index is 12.7. The van der Waals surface area contributed by atoms with Crippen LogP contribution in [0.4, 0.5) is 22.1 Å². The van der Waals surface area contributed by atoms with E-state index in [0.29, 0.717) is 13.1 Å². The number of nitrogens with zero attached hydrogens (tertiary/aromatic N) is 5. The normalized spacial score (nSPS) is 17.4. The fourth-order valence-electron chi connectivity index (χ4n) is 4.00. The summed E-state index contributed by atoms with van der Waals surface area (Å²) in [5.74, 6) is 1.86. The van der Waals surface area contributed by atoms with E-state index in [2.05, 4.69) is 50.4 Å². The molecule has 0 aliphatic carbocycles. The molecule has 0 unspecified atom stereocenters. The van der Waals surface area contributed by atoms with Gasteiger partial charge < -0.3 is 20.0 Å². The molecule has 3 heterocycles. The molecular formula is C22H30N6O. The summed E-state index contributed by atoms with van der Waals surface area (Å²) >= 11 is 0. The summed E-state index contributed by atoms with van der Waals surface area (Å²) in [6, 6.07) is 10.1. The molecule has 154 valence electrons. The van der Waals surface area contributed by atoms with Gasteiger partial charge in [0.2, 0.25) is 0 Å². The van der Waals surface area contributed by atoms with Crippen LogP contribution in [0.3, 0.4) is 0 Å². The molecule has 1 aromatic carbocycles. The SMILES string of the molecule is Cc1cccc(NC(=O)N2CCN(c3ccc(N4CCCCC4)nn3)CC2)c1C. The van der Waals surface area contributed by atoms with Crippen LogP contribution < -0.4 is 15.1 Å². The van der Waals surface area contributed by atoms with Crippen molar-refractivity contribution in [1.82, 2.24) is 15.1 Å². The number of hydrogen-bond acceptors (Lipinski definition) is 5. The van der Waals surface area contributed by atoms with Crippen LogP contribution >= 0.6 is 0 Å². The van der Waals surface area contributed by atoms with Gasteiger partial charge in [0.1, 0.15) is 0 Å². The molecule has 0 saturated carbocycles. The van der Waals surface area contributed by atoms with Crippen LogP contribution in [0.1, 0.15) is 30.4 Å². The lowest BCUT2D eigenvalue weighted by molar-refractivity contribution is 0.208. The van der Waals surface area contributed by atoms with Crippen molar-refractivity contribution in [3.8, 4) is 0 Å². The number of urea groups is 1. The first kappa shape index (κ1) is 19.5. The molecule has 0 bridgehead atoms. The van der Waals surface area contributed by atoms with Crippen LogP contribution in [0.25, 0.3) is 0 Å². The Morgan fingerprint density at radius 2 is 1.45 bits per heavy atom. The molecule has 0 atom stereocenters. The van der Waals surface area contributed by atoms with Gasteiger partial charge in [0, 0.05) is 45.0 Å². The highest BCUT2D eigenvalue weighted by Crippen LogP contribution is 2.21. The molecular weight excluding hydrogens is 364 g/mol. The summed E-state index contributed by atoms with van der Waals surface area (Å²) in [6.45, 7) is 9.11. The number of rotatable bonds is 3. The highest BCUT2D eigenvalue weighted by molar-refractivity contribution is 5.90. The van der Waals surface area contributed by atoms with E-state index in [-0.39, 0.29) is 6.03 Å². The van der Waals surface area contributed by atoms with Crippen molar-refractivity contribution in [2.24, 2.45) is 0 Å². The Balaban J connectivity index is 1.32. The van der Waals surface area contributed by atoms with Gasteiger partial charge in [0.15, 0.2) is 11.6 Å². The zero-order chi connectivity index (χ0) is 20.2. The van der Waals surface area contributed by atoms with Gasteiger partial charge in [0.05, 0.1) is 0 Å². The number of piperazine rings is 1. The molecule has 1 aromatic heterocycles. The summed E-state index contributed by atoms with van der Waals surface area (Å²) < 4.78 is 0. The molecule has 7 nitrogen and oxygen atoms in total. The molecule has 2 saturated heterocycles. The standard InChI is InChI=1S/C22H30N6O/c1-17-7-6-8-19(18(17)2)23-22(29)28-15-13-27(14-16-28)21-10-9-20(24-25-21)26-11-4-3-5-12-26/h6-10H,3-5,11-16H2,1-2H3,(H,23,29). The highest BCUT2D eigenvalue weighted by Gasteiger charge is 2.23. The first-order valence-electron chi connectivity index (χ1n) is 10.6. The number of nitrogens with one attached hydrogen (secondary N) is 1. The summed E-state index contributed by atoms with van der Waals surface area (Å²) in [4.78, 5) is 19.0. The molecule has 2 aromatic rings. The summed E-state index contributed by atoms with van der Waals surface area (Å²) in [5, 5.41) is 12.0. The van der Waals surface area contributed by atoms with Crippen LogP contribution in [0.2, 0.25) is 0 Å². The van der Waals surface area contributed by atoms with Crippen LogP contribution in [-0.4, -0.2) is 60.4 Å². The Hall–Kier alpha value is -2.83. The fourth-order valence-corrected chi connectivity index (χ4v) is 4.00. The average molecular weight is 395 g/mol. The van der Waals surface area contributed by atoms with Crippen molar-refractivity contribution in [2.45, 2.75) is 33.1 Å². The van der Waals surface area contributed by atoms with E-state index in [9.17, 15) is 4.79 Å². The number of piperidine rings is 1. The predicted molar refractivity (Wildman–Crippen MR) is 117 cm³/mol. The molecule has 4 rings (SSSR count). The van der Waals surface area contributed by atoms with Gasteiger partial charge in [-0.2, -0.15) is 0 Å². The van der Waals surface area contributed by atoms with E-state index < -0.39 is 0 Å². The minimum absolute atomic E-state index is 0.0371. The second-order valence-corrected chi connectivity index (χ2v) is 7.95. The maximum Gasteiger partial charge on any atom is 0.321 e. The van der Waals surface area contributed by atoms with Crippen molar-refractivity contribution in [1.29, 1.82) is 0 Å². The lowest BCUT2D eigenvalue weighted by Crippen LogP contribution is -2.50. The molecule has 29 heavy (non-hydrogen) atoms. The monoisotopic (exact) mass is 394 g/mol. The van der Waals surface area contributed by atoms with Crippen LogP contribution in [0.5, 0.6) is 0 Å². The van der Waals surface area contributed by atoms with Crippen molar-refractivity contribution in [3.05, 3.63) is 41.5 Å². The Morgan fingerprint density at radius 1 is 0.828 bits per heavy atom. The third-order valence-corrected chi connectivity index (χ3v) is 6.05. The Labute approximate surface area is 172 Å². The fraction of sp³-hybridized carbons (Fsp3) is 0.500. The van der Waals surface area contributed by atoms with E-state index in [1.807, 2.05) is 24.0 Å². The number of benzene rings is 1. The number of amides is 2. The number of anilines is 3. The molecule has 2 amide bonds. The number of carbonyl (C=O) groups excluding carboxylic acids is 1. The van der Waals surface area contributed by atoms with Gasteiger partial charge in [-0.1, -0.05) is 12.1 Å². The Kier molecular flexibility index (Phi) is 5.83. The van der Waals surface area contributed by atoms with Crippen LogP contribution in [0, 0.1) is 13.8 Å². The molecule has 2 fully saturated rings. The molecule has 7 heteroatoms. The minimum atomic E-state index is -0.0371. The van der Waals surface area contributed by atoms with Gasteiger partial charge in [-0.3, -0.25) is 0 Å². The first-order valence-corrected chi connectivity index (χ1v) is 10.6. The Bertz CT molecular complexity index is 839. The van der Waals surface area contributed by atoms with E-state index in [1.54, 1.807) is 0 Å². The Morgan fingerprint density at radius 3 is 2.07 bits per heavy atom. The zero-order valence-electron chi connectivity index (χ0n) is 17.4. The third kappa shape index (κ3) is 4.44. The average Bonchev–Trinajstić information content (AvgIpc) is 2.78. The predicted octanol–water partition coefficient (Wildman–Crippen LogP) is 3.44. The van der Waals surface area contributed by atoms with Crippen molar-refractivity contribution in [2.75, 3.05) is 54.4 Å². The number of aromatic nitrogens is 2. The van der Waals surface area contributed by atoms with Gasteiger partial charge in [0.25, 0.3) is 0 Å². The lowest BCUT2D eigenvalue weighted by Gasteiger charge is -2.35. The molecule has 2 aliphatic heterocycles. The van der Waals surface area contributed by atoms with Gasteiger partial charge in [-0.15, -0.1) is 10.2 Å². The highest BCUT2D eigenvalue weighted by atomic mass is 16.2. The van der Waals surface area contributed by atoms with Crippen molar-refractivity contribution < 1.29 is 4.79 Å². The van der Waals surface area contributed by atoms with Gasteiger partial charge in [-0.05, 0) is 62.4 Å². The summed E-state index contributed by atoms with van der Waals surface area (Å²) in [6.07, 6.45) is 3.77. The van der Waals surface area contributed by atoms with E-state index in [4.69, 9.17) is 0 Å². The van der Waals surface area contributed by atoms with Crippen molar-refractivity contribution >= 4 is 23.4 Å². The molecule has 1 N–H and O–H groups in total. The smallest absolute Gasteiger partial charge is 0.321 e. The first-order chi connectivity index (χ1) is 14.1. The van der Waals surface area contributed by atoms with Crippen LogP contribution in [0.15, 0.2) is 30.3 Å².